The molecule has 10 nitrogen and oxygen atoms in total. The van der Waals surface area contributed by atoms with Crippen molar-refractivity contribution in [1.29, 1.82) is 0 Å². The summed E-state index contributed by atoms with van der Waals surface area (Å²) in [5.74, 6) is 1.47. The van der Waals surface area contributed by atoms with Crippen molar-refractivity contribution in [3.63, 3.8) is 0 Å². The van der Waals surface area contributed by atoms with Crippen LogP contribution in [0, 0.1) is 0 Å². The Hall–Kier alpha value is -3.69. The van der Waals surface area contributed by atoms with Gasteiger partial charge in [0.25, 0.3) is 5.56 Å². The van der Waals surface area contributed by atoms with E-state index < -0.39 is 11.2 Å². The number of hydrazone groups is 1. The van der Waals surface area contributed by atoms with Gasteiger partial charge < -0.3 is 9.47 Å². The first kappa shape index (κ1) is 18.1. The van der Waals surface area contributed by atoms with Crippen LogP contribution in [0.4, 0.5) is 5.82 Å². The lowest BCUT2D eigenvalue weighted by atomic mass is 10.2. The van der Waals surface area contributed by atoms with Gasteiger partial charge in [0.15, 0.2) is 28.5 Å². The lowest BCUT2D eigenvalue weighted by molar-refractivity contribution is 0.355. The number of ether oxygens (including phenoxy) is 2. The maximum absolute atomic E-state index is 12.2. The standard InChI is InChI=1S/C17H18N6O4/c1-22-15-14(16(24)23(2)17(22)25)20-13(9-18-15)21-19-8-10-5-6-11(26-3)12(7-10)27-4/h5-9H,1-4H3,(H,20,21)/b19-8+. The molecule has 1 aromatic carbocycles. The maximum atomic E-state index is 12.2. The maximum Gasteiger partial charge on any atom is 0.332 e. The lowest BCUT2D eigenvalue weighted by Crippen LogP contribution is -2.37. The molecule has 3 rings (SSSR count). The largest absolute Gasteiger partial charge is 0.493 e. The second-order valence-corrected chi connectivity index (χ2v) is 5.62. The third-order valence-corrected chi connectivity index (χ3v) is 3.95. The Morgan fingerprint density at radius 2 is 1.85 bits per heavy atom. The zero-order valence-electron chi connectivity index (χ0n) is 15.3. The summed E-state index contributed by atoms with van der Waals surface area (Å²) in [5, 5.41) is 4.09. The Morgan fingerprint density at radius 3 is 2.56 bits per heavy atom. The van der Waals surface area contributed by atoms with Crippen molar-refractivity contribution in [2.24, 2.45) is 19.2 Å². The lowest BCUT2D eigenvalue weighted by Gasteiger charge is -2.08. The number of hydrogen-bond donors (Lipinski definition) is 1. The molecule has 0 fully saturated rings. The number of anilines is 1. The van der Waals surface area contributed by atoms with Crippen molar-refractivity contribution in [3.05, 3.63) is 50.8 Å². The topological polar surface area (TPSA) is 113 Å². The number of nitrogens with zero attached hydrogens (tertiary/aromatic N) is 5. The van der Waals surface area contributed by atoms with Crippen LogP contribution in [-0.2, 0) is 14.1 Å². The number of benzene rings is 1. The Morgan fingerprint density at radius 1 is 1.11 bits per heavy atom. The second kappa shape index (κ2) is 7.28. The van der Waals surface area contributed by atoms with Crippen molar-refractivity contribution in [2.45, 2.75) is 0 Å². The van der Waals surface area contributed by atoms with E-state index in [4.69, 9.17) is 9.47 Å². The first-order valence-electron chi connectivity index (χ1n) is 7.90. The highest BCUT2D eigenvalue weighted by atomic mass is 16.5. The van der Waals surface area contributed by atoms with Crippen LogP contribution < -0.4 is 26.1 Å². The Bertz CT molecular complexity index is 1150. The van der Waals surface area contributed by atoms with Crippen molar-refractivity contribution >= 4 is 23.2 Å². The molecule has 0 aliphatic heterocycles. The number of fused-ring (bicyclic) bond motifs is 1. The molecule has 0 amide bonds. The SMILES string of the molecule is COc1ccc(/C=N/Nc2cnc3c(n2)c(=O)n(C)c(=O)n3C)cc1OC. The van der Waals surface area contributed by atoms with Gasteiger partial charge >= 0.3 is 5.69 Å². The quantitative estimate of drug-likeness (QED) is 0.514. The summed E-state index contributed by atoms with van der Waals surface area (Å²) < 4.78 is 12.7. The van der Waals surface area contributed by atoms with Crippen molar-refractivity contribution in [1.82, 2.24) is 19.1 Å². The molecule has 27 heavy (non-hydrogen) atoms. The summed E-state index contributed by atoms with van der Waals surface area (Å²) in [4.78, 5) is 32.5. The summed E-state index contributed by atoms with van der Waals surface area (Å²) in [6.45, 7) is 0. The molecule has 0 aliphatic carbocycles. The normalized spacial score (nSPS) is 11.1. The molecule has 0 aliphatic rings. The molecule has 0 saturated heterocycles. The summed E-state index contributed by atoms with van der Waals surface area (Å²) in [6, 6.07) is 5.34. The molecular weight excluding hydrogens is 352 g/mol. The van der Waals surface area contributed by atoms with Gasteiger partial charge in [-0.15, -0.1) is 0 Å². The van der Waals surface area contributed by atoms with E-state index in [1.807, 2.05) is 6.07 Å². The van der Waals surface area contributed by atoms with Gasteiger partial charge in [-0.1, -0.05) is 0 Å². The average Bonchev–Trinajstić information content (AvgIpc) is 2.70. The first-order chi connectivity index (χ1) is 13.0. The fourth-order valence-corrected chi connectivity index (χ4v) is 2.49. The molecule has 1 N–H and O–H groups in total. The molecule has 0 saturated carbocycles. The van der Waals surface area contributed by atoms with Crippen LogP contribution >= 0.6 is 0 Å². The number of aryl methyl sites for hydroxylation is 1. The average molecular weight is 370 g/mol. The van der Waals surface area contributed by atoms with Crippen LogP contribution in [0.3, 0.4) is 0 Å². The zero-order valence-corrected chi connectivity index (χ0v) is 15.3. The number of methoxy groups -OCH3 is 2. The summed E-state index contributed by atoms with van der Waals surface area (Å²) in [6.07, 6.45) is 2.96. The van der Waals surface area contributed by atoms with E-state index in [2.05, 4.69) is 20.5 Å². The minimum atomic E-state index is -0.520. The molecule has 0 bridgehead atoms. The van der Waals surface area contributed by atoms with E-state index in [1.54, 1.807) is 32.6 Å². The molecule has 3 aromatic rings. The third-order valence-electron chi connectivity index (χ3n) is 3.95. The van der Waals surface area contributed by atoms with Gasteiger partial charge in [0.2, 0.25) is 0 Å². The van der Waals surface area contributed by atoms with Gasteiger partial charge in [0, 0.05) is 14.1 Å². The highest BCUT2D eigenvalue weighted by Crippen LogP contribution is 2.26. The molecule has 0 spiro atoms. The number of nitrogens with one attached hydrogen (secondary N) is 1. The highest BCUT2D eigenvalue weighted by Gasteiger charge is 2.11. The zero-order chi connectivity index (χ0) is 19.6. The molecular formula is C17H18N6O4. The van der Waals surface area contributed by atoms with Crippen LogP contribution in [0.5, 0.6) is 11.5 Å². The van der Waals surface area contributed by atoms with Gasteiger partial charge in [0.1, 0.15) is 0 Å². The molecule has 2 heterocycles. The molecule has 140 valence electrons. The van der Waals surface area contributed by atoms with Gasteiger partial charge in [-0.3, -0.25) is 19.4 Å². The number of rotatable bonds is 5. The second-order valence-electron chi connectivity index (χ2n) is 5.62. The monoisotopic (exact) mass is 370 g/mol. The predicted molar refractivity (Wildman–Crippen MR) is 101 cm³/mol. The summed E-state index contributed by atoms with van der Waals surface area (Å²) in [5.41, 5.74) is 2.79. The van der Waals surface area contributed by atoms with E-state index in [9.17, 15) is 9.59 Å². The first-order valence-corrected chi connectivity index (χ1v) is 7.90. The van der Waals surface area contributed by atoms with Crippen LogP contribution in [-0.4, -0.2) is 39.5 Å². The Labute approximate surface area is 153 Å². The predicted octanol–water partition coefficient (Wildman–Crippen LogP) is 0.490. The van der Waals surface area contributed by atoms with Crippen LogP contribution in [0.1, 0.15) is 5.56 Å². The van der Waals surface area contributed by atoms with Gasteiger partial charge in [-0.2, -0.15) is 5.10 Å². The smallest absolute Gasteiger partial charge is 0.332 e. The minimum absolute atomic E-state index is 0.0749. The highest BCUT2D eigenvalue weighted by molar-refractivity contribution is 5.81. The van der Waals surface area contributed by atoms with E-state index in [-0.39, 0.29) is 17.0 Å². The molecule has 0 unspecified atom stereocenters. The summed E-state index contributed by atoms with van der Waals surface area (Å²) in [7, 11) is 6.03. The van der Waals surface area contributed by atoms with E-state index in [0.717, 1.165) is 10.1 Å². The van der Waals surface area contributed by atoms with Crippen molar-refractivity contribution in [2.75, 3.05) is 19.6 Å². The van der Waals surface area contributed by atoms with Gasteiger partial charge in [0.05, 0.1) is 26.6 Å². The third kappa shape index (κ3) is 3.36. The number of hydrogen-bond acceptors (Lipinski definition) is 8. The fraction of sp³-hybridized carbons (Fsp3) is 0.235. The summed E-state index contributed by atoms with van der Waals surface area (Å²) >= 11 is 0. The Balaban J connectivity index is 1.88. The molecule has 10 heteroatoms. The van der Waals surface area contributed by atoms with Crippen molar-refractivity contribution < 1.29 is 9.47 Å². The van der Waals surface area contributed by atoms with Crippen molar-refractivity contribution in [3.8, 4) is 11.5 Å². The van der Waals surface area contributed by atoms with Crippen LogP contribution in [0.15, 0.2) is 39.1 Å². The van der Waals surface area contributed by atoms with E-state index >= 15 is 0 Å². The van der Waals surface area contributed by atoms with E-state index in [1.165, 1.54) is 24.9 Å². The molecule has 0 atom stereocenters. The Kier molecular flexibility index (Phi) is 4.88. The minimum Gasteiger partial charge on any atom is -0.493 e. The van der Waals surface area contributed by atoms with Gasteiger partial charge in [-0.25, -0.2) is 14.8 Å². The number of aromatic nitrogens is 4. The van der Waals surface area contributed by atoms with Gasteiger partial charge in [-0.05, 0) is 23.8 Å². The molecule has 0 radical (unpaired) electrons. The van der Waals surface area contributed by atoms with Crippen LogP contribution in [0.25, 0.3) is 11.2 Å². The van der Waals surface area contributed by atoms with E-state index in [0.29, 0.717) is 11.5 Å². The fourth-order valence-electron chi connectivity index (χ4n) is 2.49. The molecule has 2 aromatic heterocycles. The van der Waals surface area contributed by atoms with Crippen LogP contribution in [0.2, 0.25) is 0 Å².